The fraction of sp³-hybridized carbons (Fsp3) is 0.143. The molecule has 0 unspecified atom stereocenters. The van der Waals surface area contributed by atoms with Crippen LogP contribution in [0.5, 0.6) is 0 Å². The number of carboxylic acid groups (broad SMARTS) is 1. The topological polar surface area (TPSA) is 92.4 Å². The second-order valence-corrected chi connectivity index (χ2v) is 5.22. The Hall–Kier alpha value is -2.61. The largest absolute Gasteiger partial charge is 0.480 e. The quantitative estimate of drug-likeness (QED) is 0.696. The molecule has 0 saturated heterocycles. The second-order valence-electron chi connectivity index (χ2n) is 4.45. The number of rotatable bonds is 5. The summed E-state index contributed by atoms with van der Waals surface area (Å²) in [7, 11) is 0. The van der Waals surface area contributed by atoms with Crippen LogP contribution in [0.2, 0.25) is 0 Å². The first kappa shape index (κ1) is 14.3. The van der Waals surface area contributed by atoms with Crippen LogP contribution < -0.4 is 5.32 Å². The molecule has 2 aromatic heterocycles. The van der Waals surface area contributed by atoms with E-state index in [9.17, 15) is 4.79 Å². The third-order valence-electron chi connectivity index (χ3n) is 2.95. The standard InChI is InChI=1S/C14H13N5O2S/c1-22-14-16-11-7-10(9-5-3-2-4-6-9)18-19(11)13(17-14)15-8-12(20)21/h2-7H,8H2,1H3,(H,20,21)(H,15,16,17). The van der Waals surface area contributed by atoms with E-state index in [1.165, 1.54) is 16.3 Å². The van der Waals surface area contributed by atoms with Crippen molar-refractivity contribution in [3.05, 3.63) is 36.4 Å². The van der Waals surface area contributed by atoms with Gasteiger partial charge in [-0.25, -0.2) is 4.98 Å². The summed E-state index contributed by atoms with van der Waals surface area (Å²) in [5.41, 5.74) is 2.33. The minimum atomic E-state index is -0.965. The number of nitrogens with zero attached hydrogens (tertiary/aromatic N) is 4. The van der Waals surface area contributed by atoms with E-state index in [-0.39, 0.29) is 6.54 Å². The van der Waals surface area contributed by atoms with Crippen molar-refractivity contribution in [2.24, 2.45) is 0 Å². The van der Waals surface area contributed by atoms with Gasteiger partial charge in [0, 0.05) is 11.6 Å². The average molecular weight is 315 g/mol. The summed E-state index contributed by atoms with van der Waals surface area (Å²) < 4.78 is 1.52. The lowest BCUT2D eigenvalue weighted by molar-refractivity contribution is -0.134. The molecule has 7 nitrogen and oxygen atoms in total. The van der Waals surface area contributed by atoms with Crippen molar-refractivity contribution >= 4 is 29.3 Å². The Bertz CT molecular complexity index is 819. The van der Waals surface area contributed by atoms with Crippen molar-refractivity contribution < 1.29 is 9.90 Å². The lowest BCUT2D eigenvalue weighted by Crippen LogP contribution is -2.16. The zero-order chi connectivity index (χ0) is 15.5. The highest BCUT2D eigenvalue weighted by Crippen LogP contribution is 2.22. The Labute approximate surface area is 130 Å². The van der Waals surface area contributed by atoms with Crippen LogP contribution >= 0.6 is 11.8 Å². The summed E-state index contributed by atoms with van der Waals surface area (Å²) in [5, 5.41) is 16.6. The molecule has 3 rings (SSSR count). The fourth-order valence-electron chi connectivity index (χ4n) is 1.98. The molecule has 0 spiro atoms. The number of carboxylic acids is 1. The molecule has 112 valence electrons. The normalized spacial score (nSPS) is 10.8. The number of hydrogen-bond donors (Lipinski definition) is 2. The number of aliphatic carboxylic acids is 1. The van der Waals surface area contributed by atoms with Crippen molar-refractivity contribution in [3.63, 3.8) is 0 Å². The summed E-state index contributed by atoms with van der Waals surface area (Å²) in [6.45, 7) is -0.236. The van der Waals surface area contributed by atoms with Crippen molar-refractivity contribution in [3.8, 4) is 11.3 Å². The molecular weight excluding hydrogens is 302 g/mol. The Morgan fingerprint density at radius 3 is 2.77 bits per heavy atom. The first-order chi connectivity index (χ1) is 10.7. The number of hydrogen-bond acceptors (Lipinski definition) is 6. The maximum Gasteiger partial charge on any atom is 0.322 e. The van der Waals surface area contributed by atoms with Crippen LogP contribution in [0.3, 0.4) is 0 Å². The summed E-state index contributed by atoms with van der Waals surface area (Å²) in [4.78, 5) is 19.4. The van der Waals surface area contributed by atoms with Crippen molar-refractivity contribution in [1.82, 2.24) is 19.6 Å². The van der Waals surface area contributed by atoms with E-state index in [0.717, 1.165) is 11.3 Å². The third-order valence-corrected chi connectivity index (χ3v) is 3.50. The van der Waals surface area contributed by atoms with E-state index in [1.54, 1.807) is 0 Å². The van der Waals surface area contributed by atoms with E-state index in [4.69, 9.17) is 5.11 Å². The monoisotopic (exact) mass is 315 g/mol. The number of thioether (sulfide) groups is 1. The zero-order valence-corrected chi connectivity index (χ0v) is 12.5. The SMILES string of the molecule is CSc1nc(NCC(=O)O)n2nc(-c3ccccc3)cc2n1. The molecule has 2 heterocycles. The van der Waals surface area contributed by atoms with Gasteiger partial charge in [0.05, 0.1) is 5.69 Å². The summed E-state index contributed by atoms with van der Waals surface area (Å²) in [6.07, 6.45) is 1.86. The van der Waals surface area contributed by atoms with Crippen LogP contribution in [0.25, 0.3) is 16.9 Å². The van der Waals surface area contributed by atoms with Gasteiger partial charge in [-0.05, 0) is 6.26 Å². The van der Waals surface area contributed by atoms with Gasteiger partial charge in [-0.15, -0.1) is 0 Å². The number of benzene rings is 1. The van der Waals surface area contributed by atoms with Crippen LogP contribution in [-0.2, 0) is 4.79 Å². The highest BCUT2D eigenvalue weighted by Gasteiger charge is 2.12. The predicted molar refractivity (Wildman–Crippen MR) is 84.1 cm³/mol. The molecule has 0 aliphatic carbocycles. The van der Waals surface area contributed by atoms with Crippen LogP contribution in [0.4, 0.5) is 5.95 Å². The molecule has 2 N–H and O–H groups in total. The van der Waals surface area contributed by atoms with E-state index in [1.807, 2.05) is 42.7 Å². The number of fused-ring (bicyclic) bond motifs is 1. The lowest BCUT2D eigenvalue weighted by Gasteiger charge is -2.06. The van der Waals surface area contributed by atoms with Gasteiger partial charge >= 0.3 is 5.97 Å². The Morgan fingerprint density at radius 1 is 1.32 bits per heavy atom. The number of nitrogens with one attached hydrogen (secondary N) is 1. The predicted octanol–water partition coefficient (Wildman–Crippen LogP) is 2.01. The van der Waals surface area contributed by atoms with Crippen LogP contribution in [0.1, 0.15) is 0 Å². The van der Waals surface area contributed by atoms with Crippen molar-refractivity contribution in [1.29, 1.82) is 0 Å². The van der Waals surface area contributed by atoms with Crippen molar-refractivity contribution in [2.45, 2.75) is 5.16 Å². The molecule has 0 atom stereocenters. The Kier molecular flexibility index (Phi) is 3.92. The van der Waals surface area contributed by atoms with Gasteiger partial charge in [-0.3, -0.25) is 4.79 Å². The van der Waals surface area contributed by atoms with Crippen LogP contribution in [0, 0.1) is 0 Å². The fourth-order valence-corrected chi connectivity index (χ4v) is 2.34. The third kappa shape index (κ3) is 2.86. The molecule has 0 aliphatic heterocycles. The summed E-state index contributed by atoms with van der Waals surface area (Å²) in [5.74, 6) is -0.605. The molecule has 0 bridgehead atoms. The first-order valence-corrected chi connectivity index (χ1v) is 7.73. The first-order valence-electron chi connectivity index (χ1n) is 6.50. The van der Waals surface area contributed by atoms with Gasteiger partial charge < -0.3 is 10.4 Å². The lowest BCUT2D eigenvalue weighted by atomic mass is 10.2. The Morgan fingerprint density at radius 2 is 2.09 bits per heavy atom. The van der Waals surface area contributed by atoms with Gasteiger partial charge in [0.2, 0.25) is 5.95 Å². The molecule has 22 heavy (non-hydrogen) atoms. The zero-order valence-electron chi connectivity index (χ0n) is 11.7. The number of aromatic nitrogens is 4. The summed E-state index contributed by atoms with van der Waals surface area (Å²) >= 11 is 1.39. The van der Waals surface area contributed by atoms with Crippen molar-refractivity contribution in [2.75, 3.05) is 18.1 Å². The molecule has 1 aromatic carbocycles. The van der Waals surface area contributed by atoms with Gasteiger partial charge in [0.25, 0.3) is 0 Å². The molecular formula is C14H13N5O2S. The smallest absolute Gasteiger partial charge is 0.322 e. The van der Waals surface area contributed by atoms with E-state index in [2.05, 4.69) is 20.4 Å². The second kappa shape index (κ2) is 6.02. The Balaban J connectivity index is 2.09. The number of anilines is 1. The van der Waals surface area contributed by atoms with Gasteiger partial charge in [0.1, 0.15) is 6.54 Å². The summed E-state index contributed by atoms with van der Waals surface area (Å²) in [6, 6.07) is 11.6. The van der Waals surface area contributed by atoms with Gasteiger partial charge in [-0.1, -0.05) is 42.1 Å². The average Bonchev–Trinajstić information content (AvgIpc) is 2.97. The molecule has 0 radical (unpaired) electrons. The van der Waals surface area contributed by atoms with Crippen LogP contribution in [-0.4, -0.2) is 43.5 Å². The molecule has 3 aromatic rings. The maximum absolute atomic E-state index is 10.7. The molecule has 0 aliphatic rings. The molecule has 0 amide bonds. The maximum atomic E-state index is 10.7. The van der Waals surface area contributed by atoms with Crippen LogP contribution in [0.15, 0.2) is 41.6 Å². The molecule has 8 heteroatoms. The van der Waals surface area contributed by atoms with E-state index < -0.39 is 5.97 Å². The highest BCUT2D eigenvalue weighted by atomic mass is 32.2. The molecule has 0 fully saturated rings. The molecule has 0 saturated carbocycles. The van der Waals surface area contributed by atoms with Gasteiger partial charge in [-0.2, -0.15) is 14.6 Å². The van der Waals surface area contributed by atoms with E-state index in [0.29, 0.717) is 16.8 Å². The minimum absolute atomic E-state index is 0.236. The minimum Gasteiger partial charge on any atom is -0.480 e. The number of carbonyl (C=O) groups is 1. The van der Waals surface area contributed by atoms with E-state index >= 15 is 0 Å². The highest BCUT2D eigenvalue weighted by molar-refractivity contribution is 7.98. The van der Waals surface area contributed by atoms with Gasteiger partial charge in [0.15, 0.2) is 10.8 Å².